The molecule has 0 radical (unpaired) electrons. The molecule has 0 bridgehead atoms. The lowest BCUT2D eigenvalue weighted by atomic mass is 10.1. The molecular formula is C10H8F3IO2. The van der Waals surface area contributed by atoms with E-state index < -0.39 is 17.7 Å². The number of methoxy groups -OCH3 is 1. The van der Waals surface area contributed by atoms with Gasteiger partial charge in [0.1, 0.15) is 0 Å². The largest absolute Gasteiger partial charge is 0.469 e. The van der Waals surface area contributed by atoms with E-state index in [9.17, 15) is 18.0 Å². The molecule has 1 aromatic carbocycles. The van der Waals surface area contributed by atoms with E-state index in [1.807, 2.05) is 0 Å². The van der Waals surface area contributed by atoms with Crippen molar-refractivity contribution >= 4 is 28.6 Å². The molecule has 0 aliphatic heterocycles. The second-order valence-corrected chi connectivity index (χ2v) is 4.22. The second-order valence-electron chi connectivity index (χ2n) is 3.06. The summed E-state index contributed by atoms with van der Waals surface area (Å²) >= 11 is 1.77. The first-order chi connectivity index (χ1) is 7.34. The molecule has 0 aliphatic rings. The van der Waals surface area contributed by atoms with Gasteiger partial charge in [0.2, 0.25) is 0 Å². The maximum atomic E-state index is 12.3. The number of ether oxygens (including phenoxy) is 1. The molecular weight excluding hydrogens is 336 g/mol. The molecule has 0 saturated carbocycles. The number of hydrogen-bond acceptors (Lipinski definition) is 2. The van der Waals surface area contributed by atoms with Crippen LogP contribution < -0.4 is 0 Å². The van der Waals surface area contributed by atoms with Crippen molar-refractivity contribution in [1.82, 2.24) is 0 Å². The summed E-state index contributed by atoms with van der Waals surface area (Å²) in [5, 5.41) is 0. The fourth-order valence-electron chi connectivity index (χ4n) is 1.09. The highest BCUT2D eigenvalue weighted by molar-refractivity contribution is 14.1. The highest BCUT2D eigenvalue weighted by atomic mass is 127. The number of alkyl halides is 3. The number of hydrogen-bond donors (Lipinski definition) is 0. The zero-order valence-corrected chi connectivity index (χ0v) is 10.4. The molecule has 0 aliphatic carbocycles. The average molecular weight is 344 g/mol. The molecule has 88 valence electrons. The van der Waals surface area contributed by atoms with E-state index >= 15 is 0 Å². The minimum Gasteiger partial charge on any atom is -0.469 e. The first kappa shape index (κ1) is 13.3. The van der Waals surface area contributed by atoms with E-state index in [-0.39, 0.29) is 6.42 Å². The third-order valence-corrected chi connectivity index (χ3v) is 2.95. The van der Waals surface area contributed by atoms with E-state index in [1.165, 1.54) is 13.2 Å². The topological polar surface area (TPSA) is 26.3 Å². The summed E-state index contributed by atoms with van der Waals surface area (Å²) in [6.07, 6.45) is -4.38. The Hall–Kier alpha value is -0.790. The van der Waals surface area contributed by atoms with Gasteiger partial charge in [-0.05, 0) is 40.3 Å². The van der Waals surface area contributed by atoms with Gasteiger partial charge in [-0.2, -0.15) is 13.2 Å². The number of esters is 1. The van der Waals surface area contributed by atoms with Gasteiger partial charge < -0.3 is 4.74 Å². The number of carbonyl (C=O) groups excluding carboxylic acids is 1. The molecule has 6 heteroatoms. The molecule has 0 heterocycles. The van der Waals surface area contributed by atoms with Crippen LogP contribution in [0.2, 0.25) is 0 Å². The summed E-state index contributed by atoms with van der Waals surface area (Å²) in [6.45, 7) is 0. The molecule has 0 N–H and O–H groups in total. The smallest absolute Gasteiger partial charge is 0.416 e. The van der Waals surface area contributed by atoms with E-state index in [0.29, 0.717) is 9.13 Å². The van der Waals surface area contributed by atoms with Crippen LogP contribution >= 0.6 is 22.6 Å². The predicted molar refractivity (Wildman–Crippen MR) is 59.9 cm³/mol. The summed E-state index contributed by atoms with van der Waals surface area (Å²) < 4.78 is 41.8. The summed E-state index contributed by atoms with van der Waals surface area (Å²) in [5.41, 5.74) is -0.189. The van der Waals surface area contributed by atoms with Crippen molar-refractivity contribution in [1.29, 1.82) is 0 Å². The molecule has 1 aromatic rings. The lowest BCUT2D eigenvalue weighted by Crippen LogP contribution is -2.09. The molecule has 16 heavy (non-hydrogen) atoms. The molecule has 2 nitrogen and oxygen atoms in total. The molecule has 0 unspecified atom stereocenters. The zero-order chi connectivity index (χ0) is 12.3. The molecule has 0 atom stereocenters. The average Bonchev–Trinajstić information content (AvgIpc) is 2.19. The predicted octanol–water partition coefficient (Wildman–Crippen LogP) is 3.03. The van der Waals surface area contributed by atoms with Crippen LogP contribution in [0.4, 0.5) is 13.2 Å². The van der Waals surface area contributed by atoms with Crippen molar-refractivity contribution in [3.63, 3.8) is 0 Å². The third-order valence-electron chi connectivity index (χ3n) is 1.94. The van der Waals surface area contributed by atoms with Crippen molar-refractivity contribution in [2.24, 2.45) is 0 Å². The first-order valence-electron chi connectivity index (χ1n) is 4.27. The lowest BCUT2D eigenvalue weighted by Gasteiger charge is -2.09. The summed E-state index contributed by atoms with van der Waals surface area (Å²) in [6, 6.07) is 3.26. The number of carbonyl (C=O) groups is 1. The highest BCUT2D eigenvalue weighted by Crippen LogP contribution is 2.31. The lowest BCUT2D eigenvalue weighted by molar-refractivity contribution is -0.139. The fourth-order valence-corrected chi connectivity index (χ4v) is 1.80. The van der Waals surface area contributed by atoms with E-state index in [2.05, 4.69) is 4.74 Å². The van der Waals surface area contributed by atoms with Gasteiger partial charge in [0.05, 0.1) is 19.1 Å². The molecule has 0 saturated heterocycles. The van der Waals surface area contributed by atoms with Crippen LogP contribution in [0.25, 0.3) is 0 Å². The number of rotatable bonds is 2. The Balaban J connectivity index is 2.96. The molecule has 1 rings (SSSR count). The van der Waals surface area contributed by atoms with Crippen LogP contribution in [0.15, 0.2) is 18.2 Å². The highest BCUT2D eigenvalue weighted by Gasteiger charge is 2.30. The minimum absolute atomic E-state index is 0.0209. The van der Waals surface area contributed by atoms with E-state index in [1.54, 1.807) is 22.6 Å². The van der Waals surface area contributed by atoms with Crippen LogP contribution in [-0.4, -0.2) is 13.1 Å². The summed E-state index contributed by atoms with van der Waals surface area (Å²) in [4.78, 5) is 11.0. The van der Waals surface area contributed by atoms with Gasteiger partial charge in [0.25, 0.3) is 0 Å². The Morgan fingerprint density at radius 3 is 2.50 bits per heavy atom. The summed E-state index contributed by atoms with van der Waals surface area (Å²) in [7, 11) is 1.24. The quantitative estimate of drug-likeness (QED) is 0.609. The normalized spacial score (nSPS) is 11.3. The maximum absolute atomic E-state index is 12.3. The second kappa shape index (κ2) is 5.03. The minimum atomic E-state index is -4.36. The van der Waals surface area contributed by atoms with Gasteiger partial charge in [-0.3, -0.25) is 4.79 Å². The fraction of sp³-hybridized carbons (Fsp3) is 0.300. The maximum Gasteiger partial charge on any atom is 0.416 e. The first-order valence-corrected chi connectivity index (χ1v) is 5.35. The number of halogens is 4. The standard InChI is InChI=1S/C10H8F3IO2/c1-16-9(15)4-6-2-3-7(5-8(6)14)10(11,12)13/h2-3,5H,4H2,1H3. The van der Waals surface area contributed by atoms with Crippen LogP contribution in [-0.2, 0) is 22.1 Å². The third kappa shape index (κ3) is 3.36. The van der Waals surface area contributed by atoms with Crippen LogP contribution in [0.1, 0.15) is 11.1 Å². The van der Waals surface area contributed by atoms with Gasteiger partial charge in [0.15, 0.2) is 0 Å². The molecule has 0 spiro atoms. The van der Waals surface area contributed by atoms with Crippen molar-refractivity contribution in [3.05, 3.63) is 32.9 Å². The molecule has 0 fully saturated rings. The Bertz CT molecular complexity index is 402. The van der Waals surface area contributed by atoms with Crippen molar-refractivity contribution in [2.45, 2.75) is 12.6 Å². The van der Waals surface area contributed by atoms with Gasteiger partial charge in [-0.15, -0.1) is 0 Å². The van der Waals surface area contributed by atoms with E-state index in [0.717, 1.165) is 12.1 Å². The van der Waals surface area contributed by atoms with Gasteiger partial charge >= 0.3 is 12.1 Å². The van der Waals surface area contributed by atoms with Crippen LogP contribution in [0.5, 0.6) is 0 Å². The Morgan fingerprint density at radius 1 is 1.44 bits per heavy atom. The van der Waals surface area contributed by atoms with Crippen molar-refractivity contribution < 1.29 is 22.7 Å². The SMILES string of the molecule is COC(=O)Cc1ccc(C(F)(F)F)cc1I. The Kier molecular flexibility index (Phi) is 4.17. The van der Waals surface area contributed by atoms with Crippen molar-refractivity contribution in [3.8, 4) is 0 Å². The molecule has 0 aromatic heterocycles. The van der Waals surface area contributed by atoms with Gasteiger partial charge in [-0.1, -0.05) is 6.07 Å². The van der Waals surface area contributed by atoms with Gasteiger partial charge in [0, 0.05) is 3.57 Å². The van der Waals surface area contributed by atoms with E-state index in [4.69, 9.17) is 0 Å². The molecule has 0 amide bonds. The van der Waals surface area contributed by atoms with Crippen LogP contribution in [0, 0.1) is 3.57 Å². The monoisotopic (exact) mass is 344 g/mol. The zero-order valence-electron chi connectivity index (χ0n) is 8.27. The van der Waals surface area contributed by atoms with Crippen molar-refractivity contribution in [2.75, 3.05) is 7.11 Å². The Morgan fingerprint density at radius 2 is 2.06 bits per heavy atom. The van der Waals surface area contributed by atoms with Crippen LogP contribution in [0.3, 0.4) is 0 Å². The van der Waals surface area contributed by atoms with Gasteiger partial charge in [-0.25, -0.2) is 0 Å². The summed E-state index contributed by atoms with van der Waals surface area (Å²) in [5.74, 6) is -0.474. The number of benzene rings is 1. The Labute approximate surface area is 104 Å².